The molecular formula is C17H21N3O3S. The Morgan fingerprint density at radius 2 is 1.75 bits per heavy atom. The number of benzene rings is 2. The lowest BCUT2D eigenvalue weighted by Gasteiger charge is -2.23. The monoisotopic (exact) mass is 347 g/mol. The van der Waals surface area contributed by atoms with E-state index in [1.54, 1.807) is 25.1 Å². The van der Waals surface area contributed by atoms with Crippen LogP contribution in [0.3, 0.4) is 0 Å². The summed E-state index contributed by atoms with van der Waals surface area (Å²) in [7, 11) is -3.86. The third kappa shape index (κ3) is 4.12. The zero-order valence-corrected chi connectivity index (χ0v) is 14.3. The summed E-state index contributed by atoms with van der Waals surface area (Å²) >= 11 is 0. The van der Waals surface area contributed by atoms with Gasteiger partial charge in [-0.3, -0.25) is 4.79 Å². The van der Waals surface area contributed by atoms with Crippen molar-refractivity contribution in [1.82, 2.24) is 4.31 Å². The summed E-state index contributed by atoms with van der Waals surface area (Å²) in [5.41, 5.74) is 12.7. The van der Waals surface area contributed by atoms with Crippen molar-refractivity contribution in [3.63, 3.8) is 0 Å². The lowest BCUT2D eigenvalue weighted by atomic mass is 10.2. The number of primary amides is 1. The average Bonchev–Trinajstić information content (AvgIpc) is 2.51. The molecule has 128 valence electrons. The molecule has 0 fully saturated rings. The maximum atomic E-state index is 13.1. The number of carbonyl (C=O) groups excluding carboxylic acids is 1. The topological polar surface area (TPSA) is 106 Å². The number of aryl methyl sites for hydroxylation is 1. The summed E-state index contributed by atoms with van der Waals surface area (Å²) < 4.78 is 27.4. The molecule has 4 N–H and O–H groups in total. The molecule has 2 aromatic rings. The van der Waals surface area contributed by atoms with Gasteiger partial charge >= 0.3 is 0 Å². The number of rotatable bonds is 7. The smallest absolute Gasteiger partial charge is 0.245 e. The second-order valence-corrected chi connectivity index (χ2v) is 7.41. The number of amides is 1. The van der Waals surface area contributed by atoms with Crippen LogP contribution in [0, 0.1) is 6.92 Å². The first-order chi connectivity index (χ1) is 11.3. The molecule has 0 bridgehead atoms. The number of nitrogens with two attached hydrogens (primary N) is 2. The fourth-order valence-electron chi connectivity index (χ4n) is 2.46. The van der Waals surface area contributed by atoms with Gasteiger partial charge in [-0.1, -0.05) is 42.5 Å². The van der Waals surface area contributed by atoms with E-state index in [0.717, 1.165) is 5.56 Å². The van der Waals surface area contributed by atoms with Gasteiger partial charge in [0, 0.05) is 19.5 Å². The second kappa shape index (κ2) is 7.46. The summed E-state index contributed by atoms with van der Waals surface area (Å²) in [6.45, 7) is 1.84. The van der Waals surface area contributed by atoms with Gasteiger partial charge in [0.05, 0.1) is 5.69 Å². The van der Waals surface area contributed by atoms with Gasteiger partial charge in [-0.15, -0.1) is 0 Å². The highest BCUT2D eigenvalue weighted by molar-refractivity contribution is 7.89. The van der Waals surface area contributed by atoms with Crippen LogP contribution in [0.2, 0.25) is 0 Å². The highest BCUT2D eigenvalue weighted by Crippen LogP contribution is 2.27. The third-order valence-corrected chi connectivity index (χ3v) is 5.71. The SMILES string of the molecule is Cc1cccc(N)c1S(=O)(=O)N(CCC(N)=O)Cc1ccccc1. The van der Waals surface area contributed by atoms with Crippen LogP contribution in [-0.2, 0) is 21.4 Å². The van der Waals surface area contributed by atoms with E-state index in [1.165, 1.54) is 4.31 Å². The number of nitrogen functional groups attached to an aromatic ring is 1. The zero-order valence-electron chi connectivity index (χ0n) is 13.5. The number of carbonyl (C=O) groups is 1. The molecule has 0 heterocycles. The lowest BCUT2D eigenvalue weighted by molar-refractivity contribution is -0.118. The normalized spacial score (nSPS) is 11.6. The summed E-state index contributed by atoms with van der Waals surface area (Å²) in [5, 5.41) is 0. The number of hydrogen-bond donors (Lipinski definition) is 2. The van der Waals surface area contributed by atoms with Gasteiger partial charge in [-0.05, 0) is 24.1 Å². The van der Waals surface area contributed by atoms with Crippen LogP contribution < -0.4 is 11.5 Å². The predicted octanol–water partition coefficient (Wildman–Crippen LogP) is 1.64. The molecule has 6 nitrogen and oxygen atoms in total. The molecule has 0 aromatic heterocycles. The first kappa shape index (κ1) is 18.0. The Balaban J connectivity index is 2.42. The van der Waals surface area contributed by atoms with E-state index in [2.05, 4.69) is 0 Å². The Labute approximate surface area is 142 Å². The van der Waals surface area contributed by atoms with Gasteiger partial charge in [0.2, 0.25) is 15.9 Å². The minimum atomic E-state index is -3.86. The van der Waals surface area contributed by atoms with Gasteiger partial charge in [0.1, 0.15) is 4.90 Å². The van der Waals surface area contributed by atoms with Gasteiger partial charge in [0.25, 0.3) is 0 Å². The molecule has 0 saturated heterocycles. The van der Waals surface area contributed by atoms with Crippen LogP contribution in [0.5, 0.6) is 0 Å². The quantitative estimate of drug-likeness (QED) is 0.743. The maximum Gasteiger partial charge on any atom is 0.245 e. The average molecular weight is 347 g/mol. The fraction of sp³-hybridized carbons (Fsp3) is 0.235. The standard InChI is InChI=1S/C17H21N3O3S/c1-13-6-5-9-15(18)17(13)24(22,23)20(11-10-16(19)21)12-14-7-3-2-4-8-14/h2-9H,10-12,18H2,1H3,(H2,19,21). The molecule has 0 aliphatic rings. The van der Waals surface area contributed by atoms with Crippen molar-refractivity contribution in [2.45, 2.75) is 24.8 Å². The van der Waals surface area contributed by atoms with Crippen molar-refractivity contribution < 1.29 is 13.2 Å². The summed E-state index contributed by atoms with van der Waals surface area (Å²) in [6.07, 6.45) is -0.0577. The second-order valence-electron chi connectivity index (χ2n) is 5.53. The molecule has 0 aliphatic carbocycles. The van der Waals surface area contributed by atoms with Crippen LogP contribution in [0.1, 0.15) is 17.5 Å². The Bertz CT molecular complexity index is 800. The predicted molar refractivity (Wildman–Crippen MR) is 93.4 cm³/mol. The van der Waals surface area contributed by atoms with E-state index < -0.39 is 15.9 Å². The highest BCUT2D eigenvalue weighted by Gasteiger charge is 2.28. The van der Waals surface area contributed by atoms with E-state index in [0.29, 0.717) is 5.56 Å². The lowest BCUT2D eigenvalue weighted by Crippen LogP contribution is -2.34. The van der Waals surface area contributed by atoms with E-state index in [9.17, 15) is 13.2 Å². The summed E-state index contributed by atoms with van der Waals surface area (Å²) in [5.74, 6) is -0.555. The molecule has 2 aromatic carbocycles. The van der Waals surface area contributed by atoms with Crippen molar-refractivity contribution in [2.75, 3.05) is 12.3 Å². The van der Waals surface area contributed by atoms with E-state index in [-0.39, 0.29) is 30.1 Å². The zero-order chi connectivity index (χ0) is 17.7. The van der Waals surface area contributed by atoms with Crippen molar-refractivity contribution >= 4 is 21.6 Å². The van der Waals surface area contributed by atoms with Gasteiger partial charge in [0.15, 0.2) is 0 Å². The van der Waals surface area contributed by atoms with Crippen molar-refractivity contribution in [3.05, 3.63) is 59.7 Å². The van der Waals surface area contributed by atoms with Crippen molar-refractivity contribution in [1.29, 1.82) is 0 Å². The third-order valence-electron chi connectivity index (χ3n) is 3.65. The van der Waals surface area contributed by atoms with Crippen LogP contribution in [-0.4, -0.2) is 25.2 Å². The Hall–Kier alpha value is -2.38. The van der Waals surface area contributed by atoms with Crippen LogP contribution >= 0.6 is 0 Å². The summed E-state index contributed by atoms with van der Waals surface area (Å²) in [6, 6.07) is 14.1. The molecule has 0 saturated carbocycles. The molecular weight excluding hydrogens is 326 g/mol. The van der Waals surface area contributed by atoms with E-state index >= 15 is 0 Å². The molecule has 7 heteroatoms. The molecule has 0 atom stereocenters. The van der Waals surface area contributed by atoms with Crippen LogP contribution in [0.15, 0.2) is 53.4 Å². The Morgan fingerprint density at radius 3 is 2.33 bits per heavy atom. The molecule has 2 rings (SSSR count). The first-order valence-electron chi connectivity index (χ1n) is 7.50. The number of sulfonamides is 1. The number of hydrogen-bond acceptors (Lipinski definition) is 4. The minimum absolute atomic E-state index is 0.000333. The fourth-order valence-corrected chi connectivity index (χ4v) is 4.21. The van der Waals surface area contributed by atoms with Crippen LogP contribution in [0.25, 0.3) is 0 Å². The Kier molecular flexibility index (Phi) is 5.58. The van der Waals surface area contributed by atoms with Crippen molar-refractivity contribution in [2.24, 2.45) is 5.73 Å². The minimum Gasteiger partial charge on any atom is -0.398 e. The van der Waals surface area contributed by atoms with Crippen LogP contribution in [0.4, 0.5) is 5.69 Å². The molecule has 0 spiro atoms. The van der Waals surface area contributed by atoms with Crippen molar-refractivity contribution in [3.8, 4) is 0 Å². The molecule has 0 radical (unpaired) electrons. The number of anilines is 1. The van der Waals surface area contributed by atoms with E-state index in [4.69, 9.17) is 11.5 Å². The summed E-state index contributed by atoms with van der Waals surface area (Å²) in [4.78, 5) is 11.2. The van der Waals surface area contributed by atoms with E-state index in [1.807, 2.05) is 30.3 Å². The highest BCUT2D eigenvalue weighted by atomic mass is 32.2. The van der Waals surface area contributed by atoms with Gasteiger partial charge in [-0.25, -0.2) is 8.42 Å². The Morgan fingerprint density at radius 1 is 1.08 bits per heavy atom. The van der Waals surface area contributed by atoms with Gasteiger partial charge in [-0.2, -0.15) is 4.31 Å². The molecule has 1 amide bonds. The largest absolute Gasteiger partial charge is 0.398 e. The first-order valence-corrected chi connectivity index (χ1v) is 8.94. The number of nitrogens with zero attached hydrogens (tertiary/aromatic N) is 1. The molecule has 0 unspecified atom stereocenters. The maximum absolute atomic E-state index is 13.1. The van der Waals surface area contributed by atoms with Gasteiger partial charge < -0.3 is 11.5 Å². The molecule has 0 aliphatic heterocycles. The molecule has 24 heavy (non-hydrogen) atoms.